The van der Waals surface area contributed by atoms with Gasteiger partial charge in [0.15, 0.2) is 0 Å². The summed E-state index contributed by atoms with van der Waals surface area (Å²) >= 11 is 0. The first-order valence-electron chi connectivity index (χ1n) is 7.98. The zero-order valence-corrected chi connectivity index (χ0v) is 13.1. The van der Waals surface area contributed by atoms with Crippen molar-refractivity contribution in [2.24, 2.45) is 5.41 Å². The summed E-state index contributed by atoms with van der Waals surface area (Å²) in [6.45, 7) is 5.56. The van der Waals surface area contributed by atoms with Gasteiger partial charge in [0.05, 0.1) is 5.56 Å². The minimum atomic E-state index is 0.128. The zero-order valence-electron chi connectivity index (χ0n) is 13.1. The van der Waals surface area contributed by atoms with Crippen LogP contribution in [0.5, 0.6) is 0 Å². The first kappa shape index (κ1) is 13.6. The van der Waals surface area contributed by atoms with Gasteiger partial charge in [0.2, 0.25) is 0 Å². The third kappa shape index (κ3) is 2.07. The number of hydrogen-bond donors (Lipinski definition) is 0. The van der Waals surface area contributed by atoms with Crippen LogP contribution in [0.2, 0.25) is 0 Å². The number of carbonyl (C=O) groups is 1. The summed E-state index contributed by atoms with van der Waals surface area (Å²) in [4.78, 5) is 14.5. The standard InChI is InChI=1S/C19H21NO2/c1-13-8-17(14(2)22-13)18(21)20-11-19(12-20)9-16(10-19)15-6-4-3-5-7-15/h3-8,16H,9-12H2,1-2H3. The second-order valence-electron chi connectivity index (χ2n) is 7.00. The van der Waals surface area contributed by atoms with Crippen LogP contribution in [0.3, 0.4) is 0 Å². The fourth-order valence-corrected chi connectivity index (χ4v) is 4.13. The molecule has 2 aliphatic rings. The van der Waals surface area contributed by atoms with Crippen molar-refractivity contribution < 1.29 is 9.21 Å². The van der Waals surface area contributed by atoms with E-state index in [1.165, 1.54) is 18.4 Å². The first-order valence-corrected chi connectivity index (χ1v) is 7.98. The Balaban J connectivity index is 1.37. The number of furan rings is 1. The van der Waals surface area contributed by atoms with Crippen molar-refractivity contribution in [3.05, 3.63) is 59.0 Å². The highest BCUT2D eigenvalue weighted by molar-refractivity contribution is 5.96. The van der Waals surface area contributed by atoms with Crippen LogP contribution in [0.4, 0.5) is 0 Å². The van der Waals surface area contributed by atoms with Gasteiger partial charge in [0, 0.05) is 18.5 Å². The average molecular weight is 295 g/mol. The van der Waals surface area contributed by atoms with E-state index in [0.717, 1.165) is 30.2 Å². The number of nitrogens with zero attached hydrogens (tertiary/aromatic N) is 1. The van der Waals surface area contributed by atoms with E-state index in [4.69, 9.17) is 4.42 Å². The molecule has 1 saturated carbocycles. The highest BCUT2D eigenvalue weighted by Gasteiger charge is 2.54. The van der Waals surface area contributed by atoms with Gasteiger partial charge in [-0.1, -0.05) is 30.3 Å². The van der Waals surface area contributed by atoms with Crippen LogP contribution < -0.4 is 0 Å². The molecule has 0 atom stereocenters. The average Bonchev–Trinajstić information content (AvgIpc) is 2.75. The van der Waals surface area contributed by atoms with E-state index in [-0.39, 0.29) is 5.91 Å². The summed E-state index contributed by atoms with van der Waals surface area (Å²) in [6.07, 6.45) is 2.42. The highest BCUT2D eigenvalue weighted by Crippen LogP contribution is 2.56. The number of carbonyl (C=O) groups excluding carboxylic acids is 1. The normalized spacial score (nSPS) is 19.8. The van der Waals surface area contributed by atoms with Crippen LogP contribution in [0, 0.1) is 19.3 Å². The van der Waals surface area contributed by atoms with Crippen LogP contribution in [-0.2, 0) is 0 Å². The molecule has 0 N–H and O–H groups in total. The lowest BCUT2D eigenvalue weighted by Crippen LogP contribution is -2.63. The van der Waals surface area contributed by atoms with Gasteiger partial charge in [0.25, 0.3) is 5.91 Å². The molecule has 1 aliphatic carbocycles. The van der Waals surface area contributed by atoms with Gasteiger partial charge in [-0.3, -0.25) is 4.79 Å². The molecule has 0 unspecified atom stereocenters. The molecule has 0 radical (unpaired) electrons. The predicted molar refractivity (Wildman–Crippen MR) is 84.9 cm³/mol. The van der Waals surface area contributed by atoms with Crippen LogP contribution in [0.1, 0.15) is 46.2 Å². The zero-order chi connectivity index (χ0) is 15.3. The fourth-order valence-electron chi connectivity index (χ4n) is 4.13. The lowest BCUT2D eigenvalue weighted by Gasteiger charge is -2.59. The molecular weight excluding hydrogens is 274 g/mol. The maximum Gasteiger partial charge on any atom is 0.257 e. The quantitative estimate of drug-likeness (QED) is 0.841. The maximum atomic E-state index is 12.5. The molecule has 3 nitrogen and oxygen atoms in total. The number of likely N-dealkylation sites (tertiary alicyclic amines) is 1. The first-order chi connectivity index (χ1) is 10.6. The van der Waals surface area contributed by atoms with Crippen molar-refractivity contribution in [1.29, 1.82) is 0 Å². The summed E-state index contributed by atoms with van der Waals surface area (Å²) in [5.41, 5.74) is 2.55. The number of amides is 1. The van der Waals surface area contributed by atoms with Crippen molar-refractivity contribution >= 4 is 5.91 Å². The lowest BCUT2D eigenvalue weighted by atomic mass is 9.56. The molecule has 1 spiro atoms. The van der Waals surface area contributed by atoms with Crippen LogP contribution in [0.25, 0.3) is 0 Å². The van der Waals surface area contributed by atoms with E-state index in [9.17, 15) is 4.79 Å². The Kier molecular flexibility index (Phi) is 2.93. The molecule has 1 aromatic carbocycles. The van der Waals surface area contributed by atoms with Crippen LogP contribution in [-0.4, -0.2) is 23.9 Å². The fraction of sp³-hybridized carbons (Fsp3) is 0.421. The Morgan fingerprint density at radius 2 is 1.86 bits per heavy atom. The van der Waals surface area contributed by atoms with Crippen LogP contribution in [0.15, 0.2) is 40.8 Å². The van der Waals surface area contributed by atoms with Crippen molar-refractivity contribution in [2.45, 2.75) is 32.6 Å². The van der Waals surface area contributed by atoms with E-state index in [1.807, 2.05) is 24.8 Å². The molecular formula is C19H21NO2. The molecule has 3 heteroatoms. The van der Waals surface area contributed by atoms with E-state index in [2.05, 4.69) is 30.3 Å². The Labute approximate surface area is 130 Å². The second kappa shape index (κ2) is 4.73. The summed E-state index contributed by atoms with van der Waals surface area (Å²) in [5.74, 6) is 2.35. The maximum absolute atomic E-state index is 12.5. The van der Waals surface area contributed by atoms with Gasteiger partial charge in [-0.05, 0) is 44.2 Å². The molecule has 114 valence electrons. The van der Waals surface area contributed by atoms with E-state index < -0.39 is 0 Å². The van der Waals surface area contributed by atoms with Gasteiger partial charge in [0.1, 0.15) is 11.5 Å². The molecule has 2 heterocycles. The Hall–Kier alpha value is -2.03. The SMILES string of the molecule is Cc1cc(C(=O)N2CC3(CC(c4ccccc4)C3)C2)c(C)o1. The smallest absolute Gasteiger partial charge is 0.257 e. The van der Waals surface area contributed by atoms with Gasteiger partial charge < -0.3 is 9.32 Å². The molecule has 1 aliphatic heterocycles. The predicted octanol–water partition coefficient (Wildman–Crippen LogP) is 3.92. The number of aryl methyl sites for hydroxylation is 2. The summed E-state index contributed by atoms with van der Waals surface area (Å²) in [6, 6.07) is 12.6. The molecule has 4 rings (SSSR count). The van der Waals surface area contributed by atoms with Gasteiger partial charge in [-0.2, -0.15) is 0 Å². The summed E-state index contributed by atoms with van der Waals surface area (Å²) in [5, 5.41) is 0. The molecule has 2 aromatic rings. The minimum Gasteiger partial charge on any atom is -0.466 e. The Morgan fingerprint density at radius 1 is 1.18 bits per heavy atom. The monoisotopic (exact) mass is 295 g/mol. The molecule has 1 saturated heterocycles. The molecule has 1 amide bonds. The van der Waals surface area contributed by atoms with Gasteiger partial charge in [-0.25, -0.2) is 0 Å². The third-order valence-corrected chi connectivity index (χ3v) is 5.24. The molecule has 0 bridgehead atoms. The van der Waals surface area contributed by atoms with E-state index in [0.29, 0.717) is 11.3 Å². The number of rotatable bonds is 2. The van der Waals surface area contributed by atoms with Crippen LogP contribution >= 0.6 is 0 Å². The largest absolute Gasteiger partial charge is 0.466 e. The Morgan fingerprint density at radius 3 is 2.45 bits per heavy atom. The van der Waals surface area contributed by atoms with Gasteiger partial charge >= 0.3 is 0 Å². The van der Waals surface area contributed by atoms with Crippen molar-refractivity contribution in [1.82, 2.24) is 4.90 Å². The van der Waals surface area contributed by atoms with Crippen molar-refractivity contribution in [3.8, 4) is 0 Å². The van der Waals surface area contributed by atoms with Crippen molar-refractivity contribution in [2.75, 3.05) is 13.1 Å². The second-order valence-corrected chi connectivity index (χ2v) is 7.00. The van der Waals surface area contributed by atoms with Gasteiger partial charge in [-0.15, -0.1) is 0 Å². The van der Waals surface area contributed by atoms with E-state index in [1.54, 1.807) is 0 Å². The lowest BCUT2D eigenvalue weighted by molar-refractivity contribution is -0.0554. The molecule has 2 fully saturated rings. The van der Waals surface area contributed by atoms with Crippen molar-refractivity contribution in [3.63, 3.8) is 0 Å². The number of benzene rings is 1. The molecule has 22 heavy (non-hydrogen) atoms. The highest BCUT2D eigenvalue weighted by atomic mass is 16.3. The third-order valence-electron chi connectivity index (χ3n) is 5.24. The summed E-state index contributed by atoms with van der Waals surface area (Å²) in [7, 11) is 0. The summed E-state index contributed by atoms with van der Waals surface area (Å²) < 4.78 is 5.47. The number of hydrogen-bond acceptors (Lipinski definition) is 2. The Bertz CT molecular complexity index is 702. The van der Waals surface area contributed by atoms with E-state index >= 15 is 0 Å². The molecule has 1 aromatic heterocycles. The topological polar surface area (TPSA) is 33.5 Å². The minimum absolute atomic E-state index is 0.128.